The minimum Gasteiger partial charge on any atom is -0.361 e. The molecule has 2 aromatic heterocycles. The lowest BCUT2D eigenvalue weighted by Crippen LogP contribution is -2.21. The third kappa shape index (κ3) is 3.43. The highest BCUT2D eigenvalue weighted by Gasteiger charge is 2.08. The summed E-state index contributed by atoms with van der Waals surface area (Å²) in [5.74, 6) is 1.85. The van der Waals surface area contributed by atoms with Gasteiger partial charge in [-0.05, 0) is 32.2 Å². The maximum atomic E-state index is 5.98. The van der Waals surface area contributed by atoms with E-state index in [0.29, 0.717) is 5.02 Å². The molecule has 5 nitrogen and oxygen atoms in total. The summed E-state index contributed by atoms with van der Waals surface area (Å²) in [7, 11) is 2.06. The normalized spacial score (nSPS) is 11.6. The molecule has 0 fully saturated rings. The number of fused-ring (bicyclic) bond motifs is 1. The molecule has 21 heavy (non-hydrogen) atoms. The molecule has 3 aromatic rings. The number of aromatic amines is 1. The molecular formula is C15H17ClN4O. The van der Waals surface area contributed by atoms with Crippen LogP contribution in [0.5, 0.6) is 0 Å². The van der Waals surface area contributed by atoms with Crippen molar-refractivity contribution >= 4 is 22.6 Å². The SMILES string of the molecule is Cc1cc(CCN(C)Cc2nc3ccc(Cl)cc3[nH]2)on1. The van der Waals surface area contributed by atoms with Crippen molar-refractivity contribution in [3.05, 3.63) is 46.6 Å². The number of H-pyrrole nitrogens is 1. The maximum Gasteiger partial charge on any atom is 0.138 e. The quantitative estimate of drug-likeness (QED) is 0.786. The number of aromatic nitrogens is 3. The van der Waals surface area contributed by atoms with Crippen LogP contribution in [0.2, 0.25) is 5.02 Å². The first-order chi connectivity index (χ1) is 10.1. The first-order valence-electron chi connectivity index (χ1n) is 6.85. The molecule has 110 valence electrons. The number of hydrogen-bond donors (Lipinski definition) is 1. The monoisotopic (exact) mass is 304 g/mol. The zero-order valence-corrected chi connectivity index (χ0v) is 12.8. The highest BCUT2D eigenvalue weighted by atomic mass is 35.5. The molecule has 6 heteroatoms. The van der Waals surface area contributed by atoms with Crippen LogP contribution in [0.3, 0.4) is 0 Å². The summed E-state index contributed by atoms with van der Waals surface area (Å²) in [6.07, 6.45) is 0.837. The molecule has 0 radical (unpaired) electrons. The van der Waals surface area contributed by atoms with Crippen LogP contribution in [0.25, 0.3) is 11.0 Å². The second-order valence-corrected chi connectivity index (χ2v) is 5.70. The Morgan fingerprint density at radius 1 is 1.33 bits per heavy atom. The number of likely N-dealkylation sites (N-methyl/N-ethyl adjacent to an activating group) is 1. The smallest absolute Gasteiger partial charge is 0.138 e. The van der Waals surface area contributed by atoms with Gasteiger partial charge in [-0.25, -0.2) is 4.98 Å². The summed E-state index contributed by atoms with van der Waals surface area (Å²) in [4.78, 5) is 10.0. The van der Waals surface area contributed by atoms with Crippen molar-refractivity contribution in [3.8, 4) is 0 Å². The van der Waals surface area contributed by atoms with Crippen LogP contribution in [-0.4, -0.2) is 33.6 Å². The van der Waals surface area contributed by atoms with Crippen molar-refractivity contribution in [2.24, 2.45) is 0 Å². The molecule has 0 aliphatic carbocycles. The summed E-state index contributed by atoms with van der Waals surface area (Å²) >= 11 is 5.98. The first-order valence-corrected chi connectivity index (χ1v) is 7.23. The number of hydrogen-bond acceptors (Lipinski definition) is 4. The standard InChI is InChI=1S/C15H17ClN4O/c1-10-7-12(21-19-10)5-6-20(2)9-15-17-13-4-3-11(16)8-14(13)18-15/h3-4,7-8H,5-6,9H2,1-2H3,(H,17,18). The summed E-state index contributed by atoms with van der Waals surface area (Å²) in [5.41, 5.74) is 2.83. The first kappa shape index (κ1) is 14.1. The van der Waals surface area contributed by atoms with E-state index in [0.717, 1.165) is 47.8 Å². The van der Waals surface area contributed by atoms with Crippen LogP contribution >= 0.6 is 11.6 Å². The molecule has 0 saturated carbocycles. The van der Waals surface area contributed by atoms with Gasteiger partial charge >= 0.3 is 0 Å². The topological polar surface area (TPSA) is 58.0 Å². The second-order valence-electron chi connectivity index (χ2n) is 5.27. The Hall–Kier alpha value is -1.85. The predicted octanol–water partition coefficient (Wildman–Crippen LogP) is 3.19. The highest BCUT2D eigenvalue weighted by Crippen LogP contribution is 2.17. The summed E-state index contributed by atoms with van der Waals surface area (Å²) in [6, 6.07) is 7.64. The maximum absolute atomic E-state index is 5.98. The molecular weight excluding hydrogens is 288 g/mol. The van der Waals surface area contributed by atoms with Crippen LogP contribution in [0, 0.1) is 6.92 Å². The van der Waals surface area contributed by atoms with Crippen molar-refractivity contribution in [1.82, 2.24) is 20.0 Å². The number of aryl methyl sites for hydroxylation is 1. The molecule has 0 bridgehead atoms. The van der Waals surface area contributed by atoms with Crippen LogP contribution in [0.15, 0.2) is 28.8 Å². The van der Waals surface area contributed by atoms with Gasteiger partial charge < -0.3 is 9.51 Å². The summed E-state index contributed by atoms with van der Waals surface area (Å²) < 4.78 is 5.21. The Kier molecular flexibility index (Phi) is 3.94. The molecule has 2 heterocycles. The molecule has 3 rings (SSSR count). The molecule has 1 N–H and O–H groups in total. The number of nitrogens with one attached hydrogen (secondary N) is 1. The fourth-order valence-corrected chi connectivity index (χ4v) is 2.45. The second kappa shape index (κ2) is 5.87. The lowest BCUT2D eigenvalue weighted by Gasteiger charge is -2.13. The fraction of sp³-hybridized carbons (Fsp3) is 0.333. The zero-order chi connectivity index (χ0) is 14.8. The summed E-state index contributed by atoms with van der Waals surface area (Å²) in [6.45, 7) is 3.56. The fourth-order valence-electron chi connectivity index (χ4n) is 2.28. The Balaban J connectivity index is 1.61. The Morgan fingerprint density at radius 2 is 2.19 bits per heavy atom. The van der Waals surface area contributed by atoms with Crippen LogP contribution in [0.4, 0.5) is 0 Å². The van der Waals surface area contributed by atoms with Gasteiger partial charge in [0, 0.05) is 24.1 Å². The van der Waals surface area contributed by atoms with E-state index in [1.54, 1.807) is 0 Å². The van der Waals surface area contributed by atoms with Gasteiger partial charge in [-0.3, -0.25) is 4.90 Å². The minimum atomic E-state index is 0.715. The van der Waals surface area contributed by atoms with Crippen molar-refractivity contribution in [2.45, 2.75) is 19.9 Å². The van der Waals surface area contributed by atoms with Gasteiger partial charge in [0.05, 0.1) is 23.3 Å². The molecule has 1 aromatic carbocycles. The van der Waals surface area contributed by atoms with Crippen LogP contribution in [0.1, 0.15) is 17.3 Å². The van der Waals surface area contributed by atoms with Gasteiger partial charge in [0.25, 0.3) is 0 Å². The minimum absolute atomic E-state index is 0.715. The van der Waals surface area contributed by atoms with Crippen LogP contribution < -0.4 is 0 Å². The number of nitrogens with zero attached hydrogens (tertiary/aromatic N) is 3. The van der Waals surface area contributed by atoms with E-state index in [2.05, 4.69) is 27.1 Å². The van der Waals surface area contributed by atoms with E-state index in [-0.39, 0.29) is 0 Å². The van der Waals surface area contributed by atoms with Gasteiger partial charge in [-0.1, -0.05) is 16.8 Å². The number of imidazole rings is 1. The molecule has 0 aliphatic rings. The van der Waals surface area contributed by atoms with E-state index in [1.807, 2.05) is 31.2 Å². The molecule has 0 atom stereocenters. The third-order valence-electron chi connectivity index (χ3n) is 3.33. The Morgan fingerprint density at radius 3 is 2.95 bits per heavy atom. The zero-order valence-electron chi connectivity index (χ0n) is 12.1. The van der Waals surface area contributed by atoms with E-state index < -0.39 is 0 Å². The molecule has 0 saturated heterocycles. The average molecular weight is 305 g/mol. The van der Waals surface area contributed by atoms with Gasteiger partial charge in [0.15, 0.2) is 0 Å². The van der Waals surface area contributed by atoms with Crippen LogP contribution in [-0.2, 0) is 13.0 Å². The van der Waals surface area contributed by atoms with E-state index >= 15 is 0 Å². The number of rotatable bonds is 5. The Labute approximate surface area is 127 Å². The summed E-state index contributed by atoms with van der Waals surface area (Å²) in [5, 5.41) is 4.61. The van der Waals surface area contributed by atoms with Crippen molar-refractivity contribution in [1.29, 1.82) is 0 Å². The molecule has 0 amide bonds. The van der Waals surface area contributed by atoms with Gasteiger partial charge in [0.1, 0.15) is 11.6 Å². The van der Waals surface area contributed by atoms with E-state index in [9.17, 15) is 0 Å². The van der Waals surface area contributed by atoms with E-state index in [4.69, 9.17) is 16.1 Å². The molecule has 0 unspecified atom stereocenters. The largest absolute Gasteiger partial charge is 0.361 e. The van der Waals surface area contributed by atoms with Gasteiger partial charge in [-0.2, -0.15) is 0 Å². The average Bonchev–Trinajstić information content (AvgIpc) is 3.01. The van der Waals surface area contributed by atoms with E-state index in [1.165, 1.54) is 0 Å². The number of benzene rings is 1. The number of halogens is 1. The highest BCUT2D eigenvalue weighted by molar-refractivity contribution is 6.31. The lowest BCUT2D eigenvalue weighted by atomic mass is 10.3. The predicted molar refractivity (Wildman–Crippen MR) is 82.4 cm³/mol. The van der Waals surface area contributed by atoms with Crippen molar-refractivity contribution in [3.63, 3.8) is 0 Å². The van der Waals surface area contributed by atoms with Crippen molar-refractivity contribution < 1.29 is 4.52 Å². The van der Waals surface area contributed by atoms with Gasteiger partial charge in [0.2, 0.25) is 0 Å². The third-order valence-corrected chi connectivity index (χ3v) is 3.56. The van der Waals surface area contributed by atoms with Gasteiger partial charge in [-0.15, -0.1) is 0 Å². The Bertz CT molecular complexity index is 749. The molecule has 0 spiro atoms. The van der Waals surface area contributed by atoms with Crippen molar-refractivity contribution in [2.75, 3.05) is 13.6 Å². The lowest BCUT2D eigenvalue weighted by molar-refractivity contribution is 0.301. The molecule has 0 aliphatic heterocycles.